The van der Waals surface area contributed by atoms with E-state index in [1.54, 1.807) is 13.3 Å². The van der Waals surface area contributed by atoms with Crippen LogP contribution in [0.5, 0.6) is 5.75 Å². The summed E-state index contributed by atoms with van der Waals surface area (Å²) in [6, 6.07) is 6.52. The maximum Gasteiger partial charge on any atom is 0.287 e. The van der Waals surface area contributed by atoms with Crippen LogP contribution < -0.4 is 10.2 Å². The predicted octanol–water partition coefficient (Wildman–Crippen LogP) is 3.97. The van der Waals surface area contributed by atoms with Gasteiger partial charge >= 0.3 is 0 Å². The summed E-state index contributed by atoms with van der Waals surface area (Å²) in [6.45, 7) is 0. The van der Waals surface area contributed by atoms with Gasteiger partial charge in [0.05, 0.1) is 27.2 Å². The summed E-state index contributed by atoms with van der Waals surface area (Å²) in [4.78, 5) is 13.9. The lowest BCUT2D eigenvalue weighted by Crippen LogP contribution is -1.95. The SMILES string of the molecule is COc1c(Br)cc(/C=N/Nc2ccc([N+](=O)[O-])cn2)cc1Br. The predicted molar refractivity (Wildman–Crippen MR) is 90.5 cm³/mol. The minimum Gasteiger partial charge on any atom is -0.494 e. The number of hydrazone groups is 1. The number of aromatic nitrogens is 1. The van der Waals surface area contributed by atoms with Crippen LogP contribution in [0.4, 0.5) is 11.5 Å². The summed E-state index contributed by atoms with van der Waals surface area (Å²) < 4.78 is 6.80. The Hall–Kier alpha value is -2.00. The summed E-state index contributed by atoms with van der Waals surface area (Å²) >= 11 is 6.81. The Morgan fingerprint density at radius 3 is 2.55 bits per heavy atom. The van der Waals surface area contributed by atoms with E-state index in [4.69, 9.17) is 4.74 Å². The zero-order valence-corrected chi connectivity index (χ0v) is 14.5. The Bertz CT molecular complexity index is 697. The number of methoxy groups -OCH3 is 1. The normalized spacial score (nSPS) is 10.7. The molecule has 9 heteroatoms. The Balaban J connectivity index is 2.08. The Morgan fingerprint density at radius 2 is 2.05 bits per heavy atom. The van der Waals surface area contributed by atoms with E-state index in [1.165, 1.54) is 18.3 Å². The highest BCUT2D eigenvalue weighted by atomic mass is 79.9. The molecule has 2 rings (SSSR count). The average molecular weight is 430 g/mol. The maximum absolute atomic E-state index is 10.5. The monoisotopic (exact) mass is 428 g/mol. The number of pyridine rings is 1. The van der Waals surface area contributed by atoms with E-state index < -0.39 is 4.92 Å². The van der Waals surface area contributed by atoms with Gasteiger partial charge in [0.15, 0.2) is 0 Å². The second-order valence-electron chi connectivity index (χ2n) is 4.05. The van der Waals surface area contributed by atoms with Crippen LogP contribution in [-0.2, 0) is 0 Å². The summed E-state index contributed by atoms with van der Waals surface area (Å²) in [6.07, 6.45) is 2.76. The molecule has 7 nitrogen and oxygen atoms in total. The van der Waals surface area contributed by atoms with Gasteiger partial charge in [0, 0.05) is 6.07 Å². The van der Waals surface area contributed by atoms with Crippen molar-refractivity contribution < 1.29 is 9.66 Å². The molecule has 0 amide bonds. The van der Waals surface area contributed by atoms with E-state index in [0.29, 0.717) is 11.6 Å². The summed E-state index contributed by atoms with van der Waals surface area (Å²) in [5.74, 6) is 1.11. The molecule has 0 aliphatic carbocycles. The Kier molecular flexibility index (Phi) is 5.45. The summed E-state index contributed by atoms with van der Waals surface area (Å²) in [5, 5.41) is 14.6. The average Bonchev–Trinajstić information content (AvgIpc) is 2.47. The van der Waals surface area contributed by atoms with Gasteiger partial charge in [0.2, 0.25) is 0 Å². The van der Waals surface area contributed by atoms with E-state index in [2.05, 4.69) is 47.4 Å². The first-order valence-corrected chi connectivity index (χ1v) is 7.52. The van der Waals surface area contributed by atoms with Crippen molar-refractivity contribution in [2.75, 3.05) is 12.5 Å². The minimum absolute atomic E-state index is 0.0717. The highest BCUT2D eigenvalue weighted by Gasteiger charge is 2.07. The van der Waals surface area contributed by atoms with Crippen molar-refractivity contribution >= 4 is 49.6 Å². The standard InChI is InChI=1S/C13H10Br2N4O3/c1-22-13-10(14)4-8(5-11(13)15)6-17-18-12-3-2-9(7-16-12)19(20)21/h2-7H,1H3,(H,16,18)/b17-6+. The van der Waals surface area contributed by atoms with Gasteiger partial charge in [-0.25, -0.2) is 4.98 Å². The van der Waals surface area contributed by atoms with Gasteiger partial charge in [0.25, 0.3) is 5.69 Å². The largest absolute Gasteiger partial charge is 0.494 e. The van der Waals surface area contributed by atoms with Crippen LogP contribution in [0.15, 0.2) is 44.5 Å². The van der Waals surface area contributed by atoms with Gasteiger partial charge in [0.1, 0.15) is 17.8 Å². The lowest BCUT2D eigenvalue weighted by molar-refractivity contribution is -0.385. The molecule has 0 unspecified atom stereocenters. The van der Waals surface area contributed by atoms with Crippen molar-refractivity contribution in [3.8, 4) is 5.75 Å². The number of anilines is 1. The van der Waals surface area contributed by atoms with Crippen molar-refractivity contribution in [3.05, 3.63) is 55.1 Å². The molecule has 0 aliphatic heterocycles. The molecule has 0 spiro atoms. The second kappa shape index (κ2) is 7.32. The van der Waals surface area contributed by atoms with Gasteiger partial charge in [-0.2, -0.15) is 5.10 Å². The van der Waals surface area contributed by atoms with Gasteiger partial charge in [-0.1, -0.05) is 0 Å². The van der Waals surface area contributed by atoms with Gasteiger partial charge in [-0.15, -0.1) is 0 Å². The van der Waals surface area contributed by atoms with Crippen LogP contribution in [0.1, 0.15) is 5.56 Å². The molecule has 0 fully saturated rings. The highest BCUT2D eigenvalue weighted by molar-refractivity contribution is 9.11. The van der Waals surface area contributed by atoms with E-state index in [9.17, 15) is 10.1 Å². The highest BCUT2D eigenvalue weighted by Crippen LogP contribution is 2.33. The third kappa shape index (κ3) is 4.01. The molecule has 22 heavy (non-hydrogen) atoms. The number of ether oxygens (including phenoxy) is 1. The van der Waals surface area contributed by atoms with Crippen LogP contribution in [-0.4, -0.2) is 23.2 Å². The van der Waals surface area contributed by atoms with Crippen LogP contribution >= 0.6 is 31.9 Å². The van der Waals surface area contributed by atoms with E-state index >= 15 is 0 Å². The smallest absolute Gasteiger partial charge is 0.287 e. The third-order valence-electron chi connectivity index (χ3n) is 2.58. The molecule has 2 aromatic rings. The van der Waals surface area contributed by atoms with E-state index in [1.807, 2.05) is 12.1 Å². The molecule has 1 aromatic heterocycles. The number of nitro groups is 1. The molecule has 0 bridgehead atoms. The molecule has 0 saturated carbocycles. The zero-order chi connectivity index (χ0) is 16.1. The second-order valence-corrected chi connectivity index (χ2v) is 5.76. The molecule has 1 N–H and O–H groups in total. The number of hydrogen-bond donors (Lipinski definition) is 1. The lowest BCUT2D eigenvalue weighted by atomic mass is 10.2. The van der Waals surface area contributed by atoms with Crippen LogP contribution in [0, 0.1) is 10.1 Å². The molecule has 114 valence electrons. The number of halogens is 2. The lowest BCUT2D eigenvalue weighted by Gasteiger charge is -2.06. The van der Waals surface area contributed by atoms with E-state index in [-0.39, 0.29) is 5.69 Å². The first kappa shape index (κ1) is 16.4. The first-order valence-electron chi connectivity index (χ1n) is 5.94. The van der Waals surface area contributed by atoms with Crippen LogP contribution in [0.25, 0.3) is 0 Å². The van der Waals surface area contributed by atoms with Crippen molar-refractivity contribution in [3.63, 3.8) is 0 Å². The molecule has 0 atom stereocenters. The fourth-order valence-electron chi connectivity index (χ4n) is 1.58. The van der Waals surface area contributed by atoms with E-state index in [0.717, 1.165) is 14.5 Å². The molecule has 0 aliphatic rings. The zero-order valence-electron chi connectivity index (χ0n) is 11.3. The quantitative estimate of drug-likeness (QED) is 0.441. The number of rotatable bonds is 5. The number of nitrogens with zero attached hydrogens (tertiary/aromatic N) is 3. The summed E-state index contributed by atoms with van der Waals surface area (Å²) in [7, 11) is 1.58. The first-order chi connectivity index (χ1) is 10.5. The van der Waals surface area contributed by atoms with Gasteiger partial charge in [-0.3, -0.25) is 15.5 Å². The molecular weight excluding hydrogens is 420 g/mol. The summed E-state index contributed by atoms with van der Waals surface area (Å²) in [5.41, 5.74) is 3.46. The molecule has 0 saturated heterocycles. The fraction of sp³-hybridized carbons (Fsp3) is 0.0769. The van der Waals surface area contributed by atoms with Gasteiger partial charge < -0.3 is 4.74 Å². The van der Waals surface area contributed by atoms with Crippen LogP contribution in [0.2, 0.25) is 0 Å². The molecule has 0 radical (unpaired) electrons. The fourth-order valence-corrected chi connectivity index (χ4v) is 3.13. The van der Waals surface area contributed by atoms with Crippen molar-refractivity contribution in [1.29, 1.82) is 0 Å². The molecular formula is C13H10Br2N4O3. The third-order valence-corrected chi connectivity index (χ3v) is 3.75. The van der Waals surface area contributed by atoms with Crippen LogP contribution in [0.3, 0.4) is 0 Å². The maximum atomic E-state index is 10.5. The molecule has 1 heterocycles. The van der Waals surface area contributed by atoms with Crippen molar-refractivity contribution in [1.82, 2.24) is 4.98 Å². The topological polar surface area (TPSA) is 89.6 Å². The Labute approximate surface area is 142 Å². The van der Waals surface area contributed by atoms with Crippen molar-refractivity contribution in [2.24, 2.45) is 5.10 Å². The van der Waals surface area contributed by atoms with Gasteiger partial charge in [-0.05, 0) is 55.6 Å². The minimum atomic E-state index is -0.507. The number of nitrogens with one attached hydrogen (secondary N) is 1. The number of hydrogen-bond acceptors (Lipinski definition) is 6. The van der Waals surface area contributed by atoms with Crippen molar-refractivity contribution in [2.45, 2.75) is 0 Å². The Morgan fingerprint density at radius 1 is 1.36 bits per heavy atom. The number of benzene rings is 1. The molecule has 1 aromatic carbocycles.